The van der Waals surface area contributed by atoms with Crippen LogP contribution in [0.2, 0.25) is 0 Å². The minimum absolute atomic E-state index is 0.107. The molecule has 1 aromatic rings. The van der Waals surface area contributed by atoms with Gasteiger partial charge in [-0.25, -0.2) is 4.98 Å². The maximum atomic E-state index is 8.93. The Bertz CT molecular complexity index is 455. The van der Waals surface area contributed by atoms with Crippen LogP contribution in [0, 0.1) is 12.8 Å². The number of hydrogen-bond acceptors (Lipinski definition) is 4. The number of nitrogens with zero attached hydrogens (tertiary/aromatic N) is 3. The maximum absolute atomic E-state index is 8.93. The summed E-state index contributed by atoms with van der Waals surface area (Å²) in [6.45, 7) is 10.2. The van der Waals surface area contributed by atoms with E-state index in [1.807, 2.05) is 19.1 Å². The van der Waals surface area contributed by atoms with Crippen LogP contribution in [0.5, 0.6) is 0 Å². The van der Waals surface area contributed by atoms with Crippen LogP contribution in [-0.2, 0) is 0 Å². The molecule has 0 amide bonds. The molecular weight excluding hydrogens is 252 g/mol. The topological polar surface area (TPSA) is 74.7 Å². The fraction of sp³-hybridized carbons (Fsp3) is 0.600. The number of hydrogen-bond donors (Lipinski definition) is 2. The highest BCUT2D eigenvalue weighted by atomic mass is 16.4. The van der Waals surface area contributed by atoms with Crippen molar-refractivity contribution in [1.82, 2.24) is 4.98 Å². The van der Waals surface area contributed by atoms with E-state index in [1.165, 1.54) is 0 Å². The van der Waals surface area contributed by atoms with Gasteiger partial charge in [-0.1, -0.05) is 31.8 Å². The van der Waals surface area contributed by atoms with Crippen LogP contribution < -0.4 is 10.6 Å². The summed E-state index contributed by atoms with van der Waals surface area (Å²) in [6.07, 6.45) is 2.27. The Balaban J connectivity index is 3.16. The van der Waals surface area contributed by atoms with E-state index in [2.05, 4.69) is 35.8 Å². The van der Waals surface area contributed by atoms with Gasteiger partial charge in [-0.2, -0.15) is 0 Å². The van der Waals surface area contributed by atoms with Gasteiger partial charge in [-0.05, 0) is 31.9 Å². The molecule has 3 N–H and O–H groups in total. The Kier molecular flexibility index (Phi) is 6.28. The third kappa shape index (κ3) is 3.85. The summed E-state index contributed by atoms with van der Waals surface area (Å²) in [6, 6.07) is 3.74. The van der Waals surface area contributed by atoms with Crippen molar-refractivity contribution in [3.8, 4) is 0 Å². The third-order valence-electron chi connectivity index (χ3n) is 3.71. The lowest BCUT2D eigenvalue weighted by Gasteiger charge is -2.28. The largest absolute Gasteiger partial charge is 0.409 e. The number of aryl methyl sites for hydroxylation is 1. The number of amidine groups is 1. The van der Waals surface area contributed by atoms with Crippen molar-refractivity contribution in [2.45, 2.75) is 40.5 Å². The molecule has 0 atom stereocenters. The summed E-state index contributed by atoms with van der Waals surface area (Å²) >= 11 is 0. The van der Waals surface area contributed by atoms with E-state index in [4.69, 9.17) is 10.9 Å². The van der Waals surface area contributed by atoms with E-state index in [0.29, 0.717) is 11.5 Å². The predicted molar refractivity (Wildman–Crippen MR) is 83.4 cm³/mol. The van der Waals surface area contributed by atoms with Crippen molar-refractivity contribution < 1.29 is 5.21 Å². The van der Waals surface area contributed by atoms with Gasteiger partial charge in [0.15, 0.2) is 5.84 Å². The third-order valence-corrected chi connectivity index (χ3v) is 3.71. The van der Waals surface area contributed by atoms with Crippen molar-refractivity contribution in [3.63, 3.8) is 0 Å². The number of oxime groups is 1. The highest BCUT2D eigenvalue weighted by molar-refractivity contribution is 6.01. The first-order chi connectivity index (χ1) is 9.57. The van der Waals surface area contributed by atoms with Crippen molar-refractivity contribution in [2.24, 2.45) is 16.8 Å². The molecule has 5 heteroatoms. The highest BCUT2D eigenvalue weighted by Crippen LogP contribution is 2.21. The first kappa shape index (κ1) is 16.3. The first-order valence-electron chi connectivity index (χ1n) is 7.27. The summed E-state index contributed by atoms with van der Waals surface area (Å²) in [5, 5.41) is 12.0. The second-order valence-electron chi connectivity index (χ2n) is 5.03. The molecule has 5 nitrogen and oxygen atoms in total. The van der Waals surface area contributed by atoms with E-state index in [-0.39, 0.29) is 5.84 Å². The SMILES string of the molecule is CCC(CC)CN(CC)c1nc(C)ccc1C(N)=NO. The van der Waals surface area contributed by atoms with E-state index in [0.717, 1.165) is 37.4 Å². The molecule has 112 valence electrons. The van der Waals surface area contributed by atoms with Crippen LogP contribution in [0.1, 0.15) is 44.9 Å². The van der Waals surface area contributed by atoms with Crippen molar-refractivity contribution in [2.75, 3.05) is 18.0 Å². The Labute approximate surface area is 121 Å². The molecule has 0 aromatic carbocycles. The van der Waals surface area contributed by atoms with E-state index < -0.39 is 0 Å². The molecule has 0 unspecified atom stereocenters. The number of nitrogens with two attached hydrogens (primary N) is 1. The number of anilines is 1. The van der Waals surface area contributed by atoms with Crippen LogP contribution >= 0.6 is 0 Å². The monoisotopic (exact) mass is 278 g/mol. The molecule has 0 spiro atoms. The van der Waals surface area contributed by atoms with Crippen LogP contribution in [0.3, 0.4) is 0 Å². The molecular formula is C15H26N4O. The van der Waals surface area contributed by atoms with Gasteiger partial charge < -0.3 is 15.8 Å². The predicted octanol–water partition coefficient (Wildman–Crippen LogP) is 2.75. The fourth-order valence-corrected chi connectivity index (χ4v) is 2.26. The Morgan fingerprint density at radius 1 is 1.35 bits per heavy atom. The molecule has 1 rings (SSSR count). The lowest BCUT2D eigenvalue weighted by Crippen LogP contribution is -2.32. The number of pyridine rings is 1. The fourth-order valence-electron chi connectivity index (χ4n) is 2.26. The van der Waals surface area contributed by atoms with Crippen molar-refractivity contribution in [1.29, 1.82) is 0 Å². The zero-order valence-corrected chi connectivity index (χ0v) is 12.9. The summed E-state index contributed by atoms with van der Waals surface area (Å²) in [7, 11) is 0. The Morgan fingerprint density at radius 2 is 2.00 bits per heavy atom. The molecule has 0 radical (unpaired) electrons. The summed E-state index contributed by atoms with van der Waals surface area (Å²) in [5.74, 6) is 1.53. The van der Waals surface area contributed by atoms with Crippen LogP contribution in [0.4, 0.5) is 5.82 Å². The standard InChI is InChI=1S/C15H26N4O/c1-5-12(6-2)10-19(7-3)15-13(14(16)18-20)9-8-11(4)17-15/h8-9,12,20H,5-7,10H2,1-4H3,(H2,16,18). The molecule has 0 aliphatic carbocycles. The Hall–Kier alpha value is -1.78. The van der Waals surface area contributed by atoms with Gasteiger partial charge in [-0.15, -0.1) is 0 Å². The van der Waals surface area contributed by atoms with E-state index >= 15 is 0 Å². The van der Waals surface area contributed by atoms with E-state index in [9.17, 15) is 0 Å². The van der Waals surface area contributed by atoms with Crippen molar-refractivity contribution >= 4 is 11.7 Å². The van der Waals surface area contributed by atoms with Gasteiger partial charge >= 0.3 is 0 Å². The normalized spacial score (nSPS) is 11.9. The van der Waals surface area contributed by atoms with Gasteiger partial charge in [0.2, 0.25) is 0 Å². The van der Waals surface area contributed by atoms with Crippen molar-refractivity contribution in [3.05, 3.63) is 23.4 Å². The molecule has 0 saturated heterocycles. The van der Waals surface area contributed by atoms with Crippen LogP contribution in [-0.4, -0.2) is 29.1 Å². The summed E-state index contributed by atoms with van der Waals surface area (Å²) in [4.78, 5) is 6.80. The molecule has 0 bridgehead atoms. The number of aromatic nitrogens is 1. The van der Waals surface area contributed by atoms with E-state index in [1.54, 1.807) is 0 Å². The zero-order chi connectivity index (χ0) is 15.1. The summed E-state index contributed by atoms with van der Waals surface area (Å²) in [5.41, 5.74) is 7.38. The minimum atomic E-state index is 0.107. The van der Waals surface area contributed by atoms with Gasteiger partial charge in [0.05, 0.1) is 5.56 Å². The quantitative estimate of drug-likeness (QED) is 0.348. The average Bonchev–Trinajstić information content (AvgIpc) is 2.48. The average molecular weight is 278 g/mol. The van der Waals surface area contributed by atoms with Gasteiger partial charge in [0, 0.05) is 18.8 Å². The summed E-state index contributed by atoms with van der Waals surface area (Å²) < 4.78 is 0. The molecule has 20 heavy (non-hydrogen) atoms. The molecule has 1 heterocycles. The molecule has 0 saturated carbocycles. The lowest BCUT2D eigenvalue weighted by molar-refractivity contribution is 0.318. The lowest BCUT2D eigenvalue weighted by atomic mass is 10.0. The van der Waals surface area contributed by atoms with Crippen LogP contribution in [0.25, 0.3) is 0 Å². The second-order valence-corrected chi connectivity index (χ2v) is 5.03. The molecule has 0 aliphatic heterocycles. The zero-order valence-electron chi connectivity index (χ0n) is 12.9. The van der Waals surface area contributed by atoms with Gasteiger partial charge in [0.25, 0.3) is 0 Å². The molecule has 1 aromatic heterocycles. The minimum Gasteiger partial charge on any atom is -0.409 e. The number of rotatable bonds is 7. The molecule has 0 fully saturated rings. The van der Waals surface area contributed by atoms with Gasteiger partial charge in [-0.3, -0.25) is 0 Å². The Morgan fingerprint density at radius 3 is 2.50 bits per heavy atom. The second kappa shape index (κ2) is 7.72. The highest BCUT2D eigenvalue weighted by Gasteiger charge is 2.17. The van der Waals surface area contributed by atoms with Crippen LogP contribution in [0.15, 0.2) is 17.3 Å². The van der Waals surface area contributed by atoms with Gasteiger partial charge in [0.1, 0.15) is 5.82 Å². The smallest absolute Gasteiger partial charge is 0.173 e. The first-order valence-corrected chi connectivity index (χ1v) is 7.27. The molecule has 0 aliphatic rings. The maximum Gasteiger partial charge on any atom is 0.173 e.